The molecule has 12 heteroatoms. The number of aliphatic hydroxyl groups is 5. The van der Waals surface area contributed by atoms with Crippen molar-refractivity contribution in [2.75, 3.05) is 19.7 Å². The van der Waals surface area contributed by atoms with Gasteiger partial charge in [-0.2, -0.15) is 0 Å². The van der Waals surface area contributed by atoms with E-state index in [1.54, 1.807) is 6.20 Å². The average molecular weight is 730 g/mol. The molecule has 50 heavy (non-hydrogen) atoms. The van der Waals surface area contributed by atoms with Gasteiger partial charge in [-0.15, -0.1) is 0 Å². The van der Waals surface area contributed by atoms with Gasteiger partial charge in [-0.05, 0) is 105 Å². The first-order valence-electron chi connectivity index (χ1n) is 17.5. The maximum atomic E-state index is 13.0. The van der Waals surface area contributed by atoms with Crippen molar-refractivity contribution in [1.82, 2.24) is 9.88 Å². The highest BCUT2D eigenvalue weighted by Crippen LogP contribution is 2.53. The first-order valence-corrected chi connectivity index (χ1v) is 18.3. The summed E-state index contributed by atoms with van der Waals surface area (Å²) in [5.74, 6) is 0.481. The molecule has 0 aliphatic heterocycles. The zero-order valence-electron chi connectivity index (χ0n) is 28.0. The zero-order valence-corrected chi connectivity index (χ0v) is 29.5. The van der Waals surface area contributed by atoms with Crippen LogP contribution in [0.2, 0.25) is 10.0 Å². The van der Waals surface area contributed by atoms with E-state index in [0.717, 1.165) is 72.1 Å². The molecule has 0 radical (unpaired) electrons. The number of ether oxygens (including phenoxy) is 2. The van der Waals surface area contributed by atoms with Crippen molar-refractivity contribution in [3.63, 3.8) is 0 Å². The van der Waals surface area contributed by atoms with Crippen molar-refractivity contribution in [1.29, 1.82) is 0 Å². The van der Waals surface area contributed by atoms with Crippen LogP contribution in [0, 0.1) is 5.92 Å². The number of unbranched alkanes of at least 4 members (excludes halogenated alkanes) is 1. The van der Waals surface area contributed by atoms with E-state index in [4.69, 9.17) is 37.8 Å². The Labute approximate surface area is 302 Å². The third kappa shape index (κ3) is 8.97. The van der Waals surface area contributed by atoms with E-state index in [-0.39, 0.29) is 12.7 Å². The third-order valence-electron chi connectivity index (χ3n) is 9.85. The number of carbonyl (C=O) groups excluding carboxylic acids is 1. The smallest absolute Gasteiger partial charge is 0.254 e. The van der Waals surface area contributed by atoms with Gasteiger partial charge in [0.1, 0.15) is 24.1 Å². The molecule has 5 N–H and O–H groups in total. The summed E-state index contributed by atoms with van der Waals surface area (Å²) < 4.78 is 12.8. The molecule has 1 aromatic heterocycles. The van der Waals surface area contributed by atoms with E-state index in [9.17, 15) is 25.2 Å². The number of halogens is 2. The van der Waals surface area contributed by atoms with Gasteiger partial charge in [0.25, 0.3) is 5.91 Å². The van der Waals surface area contributed by atoms with Crippen LogP contribution in [0.5, 0.6) is 5.75 Å². The number of para-hydroxylation sites is 1. The highest BCUT2D eigenvalue weighted by molar-refractivity contribution is 6.34. The minimum Gasteiger partial charge on any atom is -0.490 e. The van der Waals surface area contributed by atoms with Crippen LogP contribution in [0.1, 0.15) is 68.1 Å². The molecule has 3 saturated carbocycles. The number of hydrogen-bond donors (Lipinski definition) is 5. The lowest BCUT2D eigenvalue weighted by Crippen LogP contribution is -2.53. The van der Waals surface area contributed by atoms with Crippen molar-refractivity contribution in [2.45, 2.75) is 101 Å². The van der Waals surface area contributed by atoms with Crippen molar-refractivity contribution in [2.24, 2.45) is 5.92 Å². The largest absolute Gasteiger partial charge is 0.490 e. The molecule has 0 saturated heterocycles. The van der Waals surface area contributed by atoms with Gasteiger partial charge in [0, 0.05) is 46.7 Å². The van der Waals surface area contributed by atoms with Crippen LogP contribution >= 0.6 is 23.2 Å². The molecular weight excluding hydrogens is 683 g/mol. The normalized spacial score (nSPS) is 19.0. The van der Waals surface area contributed by atoms with Crippen molar-refractivity contribution >= 4 is 29.1 Å². The molecule has 270 valence electrons. The monoisotopic (exact) mass is 728 g/mol. The van der Waals surface area contributed by atoms with Gasteiger partial charge in [0.15, 0.2) is 6.10 Å². The standard InChI is InChI=1S/C38H46Cl2N2O8/c39-30-18-25(22-49-38(13-14-38)29-19-41-15-12-27(29)28-6-1-2-7-33(28)50-26-10-11-26)31(40)17-24(30)5-3-4-16-42(20-23-8-9-23)37(48)36(47)35(46)34(45)32(44)21-43/h1-2,6-7,12,15,17-19,23,26,32,34-36,43-47H,3-5,8-11,13-14,16,20-22H2. The first kappa shape index (κ1) is 37.0. The topological polar surface area (TPSA) is 153 Å². The molecule has 10 nitrogen and oxygen atoms in total. The summed E-state index contributed by atoms with van der Waals surface area (Å²) in [6.45, 7) is 0.240. The number of aryl methyl sites for hydroxylation is 1. The van der Waals surface area contributed by atoms with E-state index < -0.39 is 42.5 Å². The second-order valence-electron chi connectivity index (χ2n) is 13.9. The molecule has 3 fully saturated rings. The lowest BCUT2D eigenvalue weighted by molar-refractivity contribution is -0.158. The molecule has 3 aromatic rings. The number of amides is 1. The number of pyridine rings is 1. The molecule has 2 aromatic carbocycles. The van der Waals surface area contributed by atoms with Gasteiger partial charge in [0.05, 0.1) is 24.9 Å². The van der Waals surface area contributed by atoms with Gasteiger partial charge in [-0.1, -0.05) is 41.4 Å². The fourth-order valence-electron chi connectivity index (χ4n) is 6.28. The van der Waals surface area contributed by atoms with Crippen LogP contribution in [-0.2, 0) is 28.2 Å². The number of hydrogen-bond acceptors (Lipinski definition) is 9. The van der Waals surface area contributed by atoms with Crippen LogP contribution < -0.4 is 4.74 Å². The van der Waals surface area contributed by atoms with E-state index in [2.05, 4.69) is 11.1 Å². The van der Waals surface area contributed by atoms with Gasteiger partial charge < -0.3 is 39.9 Å². The second kappa shape index (κ2) is 16.3. The fraction of sp³-hybridized carbons (Fsp3) is 0.526. The number of nitrogens with zero attached hydrogens (tertiary/aromatic N) is 2. The van der Waals surface area contributed by atoms with Crippen LogP contribution in [-0.4, -0.2) is 91.5 Å². The third-order valence-corrected chi connectivity index (χ3v) is 10.6. The Bertz CT molecular complexity index is 1630. The number of rotatable bonds is 19. The first-order chi connectivity index (χ1) is 24.1. The maximum Gasteiger partial charge on any atom is 0.254 e. The Morgan fingerprint density at radius 3 is 2.36 bits per heavy atom. The van der Waals surface area contributed by atoms with Crippen molar-refractivity contribution in [3.05, 3.63) is 81.6 Å². The summed E-state index contributed by atoms with van der Waals surface area (Å²) >= 11 is 13.5. The van der Waals surface area contributed by atoms with Crippen LogP contribution in [0.25, 0.3) is 11.1 Å². The molecule has 4 atom stereocenters. The lowest BCUT2D eigenvalue weighted by atomic mass is 9.96. The van der Waals surface area contributed by atoms with E-state index in [0.29, 0.717) is 48.3 Å². The molecule has 0 spiro atoms. The molecule has 0 bridgehead atoms. The average Bonchev–Trinajstić information content (AvgIpc) is 3.99. The highest BCUT2D eigenvalue weighted by Gasteiger charge is 2.48. The quantitative estimate of drug-likeness (QED) is 0.110. The van der Waals surface area contributed by atoms with Crippen molar-refractivity contribution < 1.29 is 39.8 Å². The minimum atomic E-state index is -1.93. The fourth-order valence-corrected chi connectivity index (χ4v) is 6.80. The van der Waals surface area contributed by atoms with Gasteiger partial charge in [-0.25, -0.2) is 0 Å². The number of aliphatic hydroxyl groups excluding tert-OH is 5. The SMILES string of the molecule is O=C(C(O)C(O)C(O)C(O)CO)N(CCCCc1cc(Cl)c(COC2(c3cnccc3-c3ccccc3OC3CC3)CC2)cc1Cl)CC1CC1. The molecule has 1 heterocycles. The Kier molecular flexibility index (Phi) is 12.0. The summed E-state index contributed by atoms with van der Waals surface area (Å²) in [4.78, 5) is 19.0. The van der Waals surface area contributed by atoms with Crippen LogP contribution in [0.4, 0.5) is 0 Å². The summed E-state index contributed by atoms with van der Waals surface area (Å²) in [5, 5.41) is 50.5. The van der Waals surface area contributed by atoms with Crippen LogP contribution in [0.3, 0.4) is 0 Å². The molecule has 3 aliphatic rings. The Morgan fingerprint density at radius 2 is 1.66 bits per heavy atom. The number of carbonyl (C=O) groups is 1. The Balaban J connectivity index is 1.05. The summed E-state index contributed by atoms with van der Waals surface area (Å²) in [7, 11) is 0. The Morgan fingerprint density at radius 1 is 0.940 bits per heavy atom. The van der Waals surface area contributed by atoms with Gasteiger partial charge in [-0.3, -0.25) is 9.78 Å². The maximum absolute atomic E-state index is 13.0. The molecule has 3 aliphatic carbocycles. The predicted molar refractivity (Wildman–Crippen MR) is 189 cm³/mol. The second-order valence-corrected chi connectivity index (χ2v) is 14.7. The predicted octanol–water partition coefficient (Wildman–Crippen LogP) is 4.80. The van der Waals surface area contributed by atoms with E-state index >= 15 is 0 Å². The van der Waals surface area contributed by atoms with Crippen molar-refractivity contribution in [3.8, 4) is 16.9 Å². The number of benzene rings is 2. The highest BCUT2D eigenvalue weighted by atomic mass is 35.5. The summed E-state index contributed by atoms with van der Waals surface area (Å²) in [6.07, 6.45) is 4.32. The molecular formula is C38H46Cl2N2O8. The summed E-state index contributed by atoms with van der Waals surface area (Å²) in [5.41, 5.74) is 4.30. The van der Waals surface area contributed by atoms with Gasteiger partial charge in [0.2, 0.25) is 0 Å². The van der Waals surface area contributed by atoms with E-state index in [1.165, 1.54) is 4.90 Å². The molecule has 1 amide bonds. The molecule has 4 unspecified atom stereocenters. The number of aromatic nitrogens is 1. The minimum absolute atomic E-state index is 0.281. The zero-order chi connectivity index (χ0) is 35.4. The molecule has 6 rings (SSSR count). The van der Waals surface area contributed by atoms with E-state index in [1.807, 2.05) is 42.6 Å². The lowest BCUT2D eigenvalue weighted by Gasteiger charge is -2.30. The summed E-state index contributed by atoms with van der Waals surface area (Å²) in [6, 6.07) is 13.8. The Hall–Kier alpha value is -2.80. The van der Waals surface area contributed by atoms with Crippen LogP contribution in [0.15, 0.2) is 54.9 Å². The van der Waals surface area contributed by atoms with Gasteiger partial charge >= 0.3 is 0 Å².